The van der Waals surface area contributed by atoms with E-state index >= 15 is 0 Å². The lowest BCUT2D eigenvalue weighted by Gasteiger charge is -2.30. The molecule has 206 valence electrons. The molecule has 1 saturated heterocycles. The van der Waals surface area contributed by atoms with Crippen molar-refractivity contribution < 1.29 is 9.13 Å². The second-order valence-corrected chi connectivity index (χ2v) is 10.6. The second-order valence-electron chi connectivity index (χ2n) is 9.90. The average molecular weight is 562 g/mol. The van der Waals surface area contributed by atoms with Crippen LogP contribution in [-0.2, 0) is 13.6 Å². The maximum Gasteiger partial charge on any atom is 0.323 e. The van der Waals surface area contributed by atoms with Gasteiger partial charge in [0.25, 0.3) is 5.56 Å². The minimum absolute atomic E-state index is 0.115. The monoisotopic (exact) mass is 561 g/mol. The fourth-order valence-corrected chi connectivity index (χ4v) is 5.76. The van der Waals surface area contributed by atoms with Crippen LogP contribution in [0.5, 0.6) is 5.75 Å². The molecule has 0 aliphatic carbocycles. The van der Waals surface area contributed by atoms with Crippen molar-refractivity contribution in [2.45, 2.75) is 38.6 Å². The number of ether oxygens (including phenoxy) is 1. The first-order valence-electron chi connectivity index (χ1n) is 13.1. The van der Waals surface area contributed by atoms with Gasteiger partial charge in [-0.3, -0.25) is 23.9 Å². The Morgan fingerprint density at radius 3 is 2.55 bits per heavy atom. The predicted octanol–water partition coefficient (Wildman–Crippen LogP) is 4.07. The molecule has 2 aromatic carbocycles. The summed E-state index contributed by atoms with van der Waals surface area (Å²) in [6.45, 7) is 3.23. The molecular formula is C28H28FN7O3S. The summed E-state index contributed by atoms with van der Waals surface area (Å²) in [7, 11) is 1.72. The Hall–Kier alpha value is -4.32. The molecule has 5 aromatic rings. The number of nitrogens with zero attached hydrogens (tertiary/aromatic N) is 6. The van der Waals surface area contributed by atoms with Gasteiger partial charge >= 0.3 is 4.87 Å². The highest BCUT2D eigenvalue weighted by molar-refractivity contribution is 7.02. The molecule has 40 heavy (non-hydrogen) atoms. The molecule has 1 unspecified atom stereocenters. The number of rotatable bonds is 7. The van der Waals surface area contributed by atoms with Crippen molar-refractivity contribution in [3.63, 3.8) is 0 Å². The summed E-state index contributed by atoms with van der Waals surface area (Å²) in [4.78, 5) is 38.5. The van der Waals surface area contributed by atoms with Crippen LogP contribution in [0, 0.1) is 0 Å². The summed E-state index contributed by atoms with van der Waals surface area (Å²) in [6.07, 6.45) is 3.88. The molecule has 4 heterocycles. The average Bonchev–Trinajstić information content (AvgIpc) is 3.50. The number of nitrogens with one attached hydrogen (secondary N) is 1. The van der Waals surface area contributed by atoms with Crippen molar-refractivity contribution in [3.8, 4) is 16.9 Å². The van der Waals surface area contributed by atoms with E-state index in [0.717, 1.165) is 65.5 Å². The number of para-hydroxylation sites is 1. The van der Waals surface area contributed by atoms with Crippen molar-refractivity contribution in [3.05, 3.63) is 86.3 Å². The number of halogens is 1. The van der Waals surface area contributed by atoms with Crippen LogP contribution in [0.2, 0.25) is 0 Å². The Morgan fingerprint density at radius 1 is 1.10 bits per heavy atom. The summed E-state index contributed by atoms with van der Waals surface area (Å²) in [5, 5.41) is 0.588. The minimum atomic E-state index is -1.45. The number of aromatic amines is 1. The zero-order chi connectivity index (χ0) is 27.8. The van der Waals surface area contributed by atoms with Gasteiger partial charge in [-0.15, -0.1) is 0 Å². The SMILES string of the molecule is CC(F)Oc1ccccc1Cn1c2cc(-c3cnc(N4CCC(c5nsc(=O)[nH]5)CC4)nc3)ccc2c(=O)n1C. The van der Waals surface area contributed by atoms with E-state index in [4.69, 9.17) is 4.74 Å². The van der Waals surface area contributed by atoms with E-state index in [1.54, 1.807) is 36.3 Å². The van der Waals surface area contributed by atoms with Crippen LogP contribution in [0.3, 0.4) is 0 Å². The Balaban J connectivity index is 1.24. The third-order valence-electron chi connectivity index (χ3n) is 7.34. The molecule has 1 aliphatic rings. The van der Waals surface area contributed by atoms with E-state index in [0.29, 0.717) is 23.6 Å². The van der Waals surface area contributed by atoms with Gasteiger partial charge in [0.2, 0.25) is 12.3 Å². The lowest BCUT2D eigenvalue weighted by Crippen LogP contribution is -2.34. The number of piperidine rings is 1. The van der Waals surface area contributed by atoms with Crippen molar-refractivity contribution in [2.24, 2.45) is 7.05 Å². The normalized spacial score (nSPS) is 15.0. The molecule has 1 aliphatic heterocycles. The molecule has 0 saturated carbocycles. The first-order chi connectivity index (χ1) is 19.4. The van der Waals surface area contributed by atoms with Crippen molar-refractivity contribution in [2.75, 3.05) is 18.0 Å². The molecule has 0 bridgehead atoms. The van der Waals surface area contributed by atoms with Crippen LogP contribution in [0.1, 0.15) is 37.1 Å². The molecular weight excluding hydrogens is 533 g/mol. The molecule has 12 heteroatoms. The van der Waals surface area contributed by atoms with Crippen LogP contribution in [-0.4, -0.2) is 48.1 Å². The standard InChI is InChI=1S/C28H28FN7O3S/c1-17(29)39-24-6-4-3-5-20(24)16-36-23-13-19(7-8-22(23)26(37)34(36)2)21-14-30-27(31-15-21)35-11-9-18(10-12-35)25-32-28(38)40-33-25/h3-8,13-15,17-18H,9-12,16H2,1-2H3,(H,32,33,38). The van der Waals surface area contributed by atoms with E-state index in [-0.39, 0.29) is 16.4 Å². The lowest BCUT2D eigenvalue weighted by atomic mass is 9.96. The van der Waals surface area contributed by atoms with E-state index in [1.165, 1.54) is 6.92 Å². The van der Waals surface area contributed by atoms with Gasteiger partial charge < -0.3 is 9.64 Å². The van der Waals surface area contributed by atoms with Gasteiger partial charge in [0, 0.05) is 68.0 Å². The molecule has 1 N–H and O–H groups in total. The molecule has 1 atom stereocenters. The zero-order valence-electron chi connectivity index (χ0n) is 22.1. The Labute approximate surface area is 232 Å². The summed E-state index contributed by atoms with van der Waals surface area (Å²) in [5.41, 5.74) is 3.11. The van der Waals surface area contributed by atoms with Gasteiger partial charge in [-0.1, -0.05) is 24.3 Å². The summed E-state index contributed by atoms with van der Waals surface area (Å²) in [5.74, 6) is 2.11. The minimum Gasteiger partial charge on any atom is -0.460 e. The van der Waals surface area contributed by atoms with Crippen molar-refractivity contribution >= 4 is 28.4 Å². The number of alkyl halides is 1. The van der Waals surface area contributed by atoms with Crippen LogP contribution in [0.25, 0.3) is 22.0 Å². The number of aromatic nitrogens is 6. The van der Waals surface area contributed by atoms with Crippen molar-refractivity contribution in [1.29, 1.82) is 0 Å². The first kappa shape index (κ1) is 25.9. The van der Waals surface area contributed by atoms with Gasteiger partial charge in [-0.05, 0) is 36.6 Å². The number of anilines is 1. The third-order valence-corrected chi connectivity index (χ3v) is 7.89. The largest absolute Gasteiger partial charge is 0.460 e. The van der Waals surface area contributed by atoms with E-state index in [1.807, 2.05) is 35.0 Å². The number of H-pyrrole nitrogens is 1. The van der Waals surface area contributed by atoms with Gasteiger partial charge in [0.05, 0.1) is 17.4 Å². The molecule has 0 radical (unpaired) electrons. The highest BCUT2D eigenvalue weighted by atomic mass is 32.1. The maximum atomic E-state index is 13.6. The Morgan fingerprint density at radius 2 is 1.85 bits per heavy atom. The van der Waals surface area contributed by atoms with E-state index < -0.39 is 6.36 Å². The van der Waals surface area contributed by atoms with Crippen LogP contribution >= 0.6 is 11.5 Å². The van der Waals surface area contributed by atoms with E-state index in [2.05, 4.69) is 24.2 Å². The maximum absolute atomic E-state index is 13.6. The Bertz CT molecular complexity index is 1770. The summed E-state index contributed by atoms with van der Waals surface area (Å²) in [6, 6.07) is 12.9. The smallest absolute Gasteiger partial charge is 0.323 e. The predicted molar refractivity (Wildman–Crippen MR) is 152 cm³/mol. The Kier molecular flexibility index (Phi) is 6.93. The molecule has 1 fully saturated rings. The molecule has 3 aromatic heterocycles. The lowest BCUT2D eigenvalue weighted by molar-refractivity contribution is 0.0847. The molecule has 6 rings (SSSR count). The van der Waals surface area contributed by atoms with Gasteiger partial charge in [0.1, 0.15) is 11.6 Å². The molecule has 10 nitrogen and oxygen atoms in total. The fourth-order valence-electron chi connectivity index (χ4n) is 5.23. The molecule has 0 amide bonds. The highest BCUT2D eigenvalue weighted by Gasteiger charge is 2.24. The summed E-state index contributed by atoms with van der Waals surface area (Å²) >= 11 is 0.962. The van der Waals surface area contributed by atoms with Crippen molar-refractivity contribution in [1.82, 2.24) is 28.7 Å². The number of hydrogen-bond acceptors (Lipinski definition) is 8. The van der Waals surface area contributed by atoms with E-state index in [9.17, 15) is 14.0 Å². The van der Waals surface area contributed by atoms with Gasteiger partial charge in [-0.2, -0.15) is 4.37 Å². The quantitative estimate of drug-likeness (QED) is 0.319. The summed E-state index contributed by atoms with van der Waals surface area (Å²) < 4.78 is 26.6. The van der Waals surface area contributed by atoms with Crippen LogP contribution < -0.4 is 20.1 Å². The number of fused-ring (bicyclic) bond motifs is 1. The zero-order valence-corrected chi connectivity index (χ0v) is 22.9. The second kappa shape index (κ2) is 10.7. The first-order valence-corrected chi connectivity index (χ1v) is 13.9. The highest BCUT2D eigenvalue weighted by Crippen LogP contribution is 2.29. The third kappa shape index (κ3) is 5.02. The topological polar surface area (TPSA) is 111 Å². The fraction of sp³-hybridized carbons (Fsp3) is 0.321. The number of benzene rings is 2. The van der Waals surface area contributed by atoms with Crippen LogP contribution in [0.4, 0.5) is 10.3 Å². The number of hydrogen-bond donors (Lipinski definition) is 1. The molecule has 0 spiro atoms. The van der Waals surface area contributed by atoms with Gasteiger partial charge in [-0.25, -0.2) is 14.4 Å². The van der Waals surface area contributed by atoms with Gasteiger partial charge in [0.15, 0.2) is 0 Å². The van der Waals surface area contributed by atoms with Crippen LogP contribution in [0.15, 0.2) is 64.4 Å².